The van der Waals surface area contributed by atoms with E-state index in [9.17, 15) is 19.7 Å². The van der Waals surface area contributed by atoms with Crippen molar-refractivity contribution in [2.24, 2.45) is 0 Å². The lowest BCUT2D eigenvalue weighted by Gasteiger charge is -2.35. The fraction of sp³-hybridized carbons (Fsp3) is 0.545. The summed E-state index contributed by atoms with van der Waals surface area (Å²) >= 11 is 0. The minimum absolute atomic E-state index is 0.0297. The number of nitrogens with zero attached hydrogens (tertiary/aromatic N) is 4. The molecule has 1 aromatic carbocycles. The van der Waals surface area contributed by atoms with Crippen molar-refractivity contribution in [3.8, 4) is 0 Å². The fourth-order valence-corrected chi connectivity index (χ4v) is 4.72. The molecule has 30 heavy (non-hydrogen) atoms. The molecule has 1 aromatic rings. The number of carbonyl (C=O) groups excluding carboxylic acids is 2. The molecule has 1 aliphatic carbocycles. The predicted octanol–water partition coefficient (Wildman–Crippen LogP) is 2.64. The summed E-state index contributed by atoms with van der Waals surface area (Å²) in [6.45, 7) is 3.00. The quantitative estimate of drug-likeness (QED) is 0.327. The number of carbonyl (C=O) groups is 2. The van der Waals surface area contributed by atoms with E-state index in [1.165, 1.54) is 17.0 Å². The van der Waals surface area contributed by atoms with Crippen molar-refractivity contribution < 1.29 is 14.5 Å². The second-order valence-corrected chi connectivity index (χ2v) is 8.44. The van der Waals surface area contributed by atoms with E-state index in [0.29, 0.717) is 29.9 Å². The van der Waals surface area contributed by atoms with Crippen LogP contribution in [0.2, 0.25) is 0 Å². The van der Waals surface area contributed by atoms with Crippen molar-refractivity contribution >= 4 is 23.1 Å². The Morgan fingerprint density at radius 1 is 0.900 bits per heavy atom. The van der Waals surface area contributed by atoms with Crippen LogP contribution in [-0.4, -0.2) is 70.7 Å². The molecule has 0 N–H and O–H groups in total. The Bertz CT molecular complexity index is 864. The number of rotatable bonds is 4. The minimum atomic E-state index is -0.459. The lowest BCUT2D eigenvalue weighted by Crippen LogP contribution is -2.47. The topological polar surface area (TPSA) is 87.0 Å². The summed E-state index contributed by atoms with van der Waals surface area (Å²) in [5.41, 5.74) is 1.40. The Balaban J connectivity index is 1.72. The highest BCUT2D eigenvalue weighted by Crippen LogP contribution is 2.36. The van der Waals surface area contributed by atoms with E-state index in [1.807, 2.05) is 11.9 Å². The van der Waals surface area contributed by atoms with Crippen molar-refractivity contribution in [3.63, 3.8) is 0 Å². The summed E-state index contributed by atoms with van der Waals surface area (Å²) < 4.78 is 0. The van der Waals surface area contributed by atoms with Gasteiger partial charge in [0.1, 0.15) is 5.70 Å². The third-order valence-corrected chi connectivity index (χ3v) is 6.47. The van der Waals surface area contributed by atoms with Gasteiger partial charge in [-0.15, -0.1) is 0 Å². The van der Waals surface area contributed by atoms with Gasteiger partial charge in [-0.2, -0.15) is 0 Å². The van der Waals surface area contributed by atoms with Gasteiger partial charge in [0.25, 0.3) is 17.5 Å². The van der Waals surface area contributed by atoms with Crippen LogP contribution in [0.4, 0.5) is 5.69 Å². The summed E-state index contributed by atoms with van der Waals surface area (Å²) in [4.78, 5) is 43.4. The molecule has 0 unspecified atom stereocenters. The third kappa shape index (κ3) is 3.84. The second kappa shape index (κ2) is 8.55. The Hall–Kier alpha value is -2.74. The van der Waals surface area contributed by atoms with E-state index >= 15 is 0 Å². The number of hydrogen-bond donors (Lipinski definition) is 0. The number of hydrogen-bond acceptors (Lipinski definition) is 6. The van der Waals surface area contributed by atoms with Crippen LogP contribution in [0.15, 0.2) is 30.0 Å². The van der Waals surface area contributed by atoms with Gasteiger partial charge >= 0.3 is 0 Å². The molecule has 160 valence electrons. The summed E-state index contributed by atoms with van der Waals surface area (Å²) in [5.74, 6) is -0.459. The molecular weight excluding hydrogens is 384 g/mol. The van der Waals surface area contributed by atoms with Crippen LogP contribution in [-0.2, 0) is 9.59 Å². The van der Waals surface area contributed by atoms with Gasteiger partial charge in [-0.3, -0.25) is 24.6 Å². The van der Waals surface area contributed by atoms with Gasteiger partial charge in [-0.1, -0.05) is 25.7 Å². The highest BCUT2D eigenvalue weighted by Gasteiger charge is 2.45. The molecule has 3 aliphatic rings. The molecule has 2 fully saturated rings. The molecule has 0 aromatic heterocycles. The first-order chi connectivity index (χ1) is 14.5. The average molecular weight is 412 g/mol. The maximum atomic E-state index is 13.6. The van der Waals surface area contributed by atoms with Gasteiger partial charge in [0.2, 0.25) is 0 Å². The second-order valence-electron chi connectivity index (χ2n) is 8.44. The molecule has 0 radical (unpaired) electrons. The molecule has 8 heteroatoms. The SMILES string of the molecule is CN1CCN(C2=C(c3ccc([N+](=O)[O-])cc3)C(=O)N(C3CCCCCC3)C2=O)CC1. The van der Waals surface area contributed by atoms with Gasteiger partial charge in [0.05, 0.1) is 10.5 Å². The molecule has 4 rings (SSSR count). The van der Waals surface area contributed by atoms with Crippen LogP contribution in [0.25, 0.3) is 5.57 Å². The van der Waals surface area contributed by atoms with Crippen molar-refractivity contribution in [2.75, 3.05) is 33.2 Å². The van der Waals surface area contributed by atoms with Gasteiger partial charge in [-0.25, -0.2) is 0 Å². The normalized spacial score (nSPS) is 22.0. The number of amides is 2. The van der Waals surface area contributed by atoms with Crippen LogP contribution in [0.3, 0.4) is 0 Å². The van der Waals surface area contributed by atoms with E-state index in [1.54, 1.807) is 12.1 Å². The maximum absolute atomic E-state index is 13.6. The van der Waals surface area contributed by atoms with Crippen LogP contribution < -0.4 is 0 Å². The van der Waals surface area contributed by atoms with E-state index in [-0.39, 0.29) is 23.5 Å². The molecule has 8 nitrogen and oxygen atoms in total. The molecule has 2 heterocycles. The number of non-ortho nitro benzene ring substituents is 1. The summed E-state index contributed by atoms with van der Waals surface area (Å²) in [7, 11) is 2.04. The lowest BCUT2D eigenvalue weighted by molar-refractivity contribution is -0.384. The molecule has 2 amide bonds. The number of nitro groups is 1. The highest BCUT2D eigenvalue weighted by atomic mass is 16.6. The Kier molecular flexibility index (Phi) is 5.85. The zero-order chi connectivity index (χ0) is 21.3. The molecule has 2 aliphatic heterocycles. The Labute approximate surface area is 176 Å². The number of benzene rings is 1. The zero-order valence-electron chi connectivity index (χ0n) is 17.4. The largest absolute Gasteiger partial charge is 0.364 e. The van der Waals surface area contributed by atoms with E-state index in [0.717, 1.165) is 51.6 Å². The predicted molar refractivity (Wildman–Crippen MR) is 112 cm³/mol. The highest BCUT2D eigenvalue weighted by molar-refractivity contribution is 6.35. The number of nitro benzene ring substituents is 1. The summed E-state index contributed by atoms with van der Waals surface area (Å²) in [6, 6.07) is 5.91. The number of imide groups is 1. The van der Waals surface area contributed by atoms with Crippen LogP contribution >= 0.6 is 0 Å². The Morgan fingerprint density at radius 2 is 1.50 bits per heavy atom. The molecular formula is C22H28N4O4. The van der Waals surface area contributed by atoms with Gasteiger partial charge < -0.3 is 9.80 Å². The van der Waals surface area contributed by atoms with Crippen LogP contribution in [0.1, 0.15) is 44.1 Å². The standard InChI is InChI=1S/C22H28N4O4/c1-23-12-14-24(15-13-23)20-19(16-8-10-18(11-9-16)26(29)30)21(27)25(22(20)28)17-6-4-2-3-5-7-17/h8-11,17H,2-7,12-15H2,1H3. The van der Waals surface area contributed by atoms with Crippen molar-refractivity contribution in [1.29, 1.82) is 0 Å². The van der Waals surface area contributed by atoms with Crippen LogP contribution in [0, 0.1) is 10.1 Å². The molecule has 0 spiro atoms. The lowest BCUT2D eigenvalue weighted by atomic mass is 10.0. The molecule has 1 saturated heterocycles. The molecule has 0 bridgehead atoms. The van der Waals surface area contributed by atoms with E-state index < -0.39 is 4.92 Å². The summed E-state index contributed by atoms with van der Waals surface area (Å²) in [5, 5.41) is 11.0. The smallest absolute Gasteiger partial charge is 0.278 e. The monoisotopic (exact) mass is 412 g/mol. The first-order valence-electron chi connectivity index (χ1n) is 10.8. The first-order valence-corrected chi connectivity index (χ1v) is 10.8. The average Bonchev–Trinajstić information content (AvgIpc) is 2.90. The van der Waals surface area contributed by atoms with Crippen molar-refractivity contribution in [3.05, 3.63) is 45.6 Å². The first kappa shape index (κ1) is 20.5. The zero-order valence-corrected chi connectivity index (χ0v) is 17.4. The number of piperazine rings is 1. The molecule has 0 atom stereocenters. The third-order valence-electron chi connectivity index (χ3n) is 6.47. The fourth-order valence-electron chi connectivity index (χ4n) is 4.72. The minimum Gasteiger partial charge on any atom is -0.364 e. The molecule has 1 saturated carbocycles. The summed E-state index contributed by atoms with van der Waals surface area (Å²) in [6.07, 6.45) is 6.03. The van der Waals surface area contributed by atoms with Gasteiger partial charge in [0, 0.05) is 44.4 Å². The van der Waals surface area contributed by atoms with E-state index in [2.05, 4.69) is 4.90 Å². The van der Waals surface area contributed by atoms with Gasteiger partial charge in [-0.05, 0) is 37.6 Å². The van der Waals surface area contributed by atoms with E-state index in [4.69, 9.17) is 0 Å². The Morgan fingerprint density at radius 3 is 2.07 bits per heavy atom. The van der Waals surface area contributed by atoms with Gasteiger partial charge in [0.15, 0.2) is 0 Å². The maximum Gasteiger partial charge on any atom is 0.278 e. The van der Waals surface area contributed by atoms with Crippen molar-refractivity contribution in [2.45, 2.75) is 44.6 Å². The number of likely N-dealkylation sites (N-methyl/N-ethyl adjacent to an activating group) is 1. The van der Waals surface area contributed by atoms with Crippen LogP contribution in [0.5, 0.6) is 0 Å². The van der Waals surface area contributed by atoms with Crippen molar-refractivity contribution in [1.82, 2.24) is 14.7 Å².